The fourth-order valence-electron chi connectivity index (χ4n) is 2.62. The van der Waals surface area contributed by atoms with Crippen LogP contribution < -0.4 is 11.2 Å². The van der Waals surface area contributed by atoms with Crippen LogP contribution in [-0.2, 0) is 9.16 Å². The molecule has 1 aliphatic heterocycles. The van der Waals surface area contributed by atoms with Crippen molar-refractivity contribution in [3.63, 3.8) is 0 Å². The number of aliphatic hydroxyl groups is 2. The van der Waals surface area contributed by atoms with Gasteiger partial charge < -0.3 is 19.4 Å². The van der Waals surface area contributed by atoms with Crippen molar-refractivity contribution in [3.8, 4) is 0 Å². The molecule has 0 saturated carbocycles. The molecule has 1 aromatic rings. The lowest BCUT2D eigenvalue weighted by Crippen LogP contribution is -2.56. The van der Waals surface area contributed by atoms with E-state index in [0.29, 0.717) is 0 Å². The average Bonchev–Trinajstić information content (AvgIpc) is 2.80. The Morgan fingerprint density at radius 3 is 2.38 bits per heavy atom. The summed E-state index contributed by atoms with van der Waals surface area (Å²) in [6, 6.07) is 1.07. The molecular weight excluding hydrogens is 363 g/mol. The molecule has 0 spiro atoms. The molecule has 2 heterocycles. The van der Waals surface area contributed by atoms with Gasteiger partial charge in [0.15, 0.2) is 20.7 Å². The van der Waals surface area contributed by atoms with Crippen molar-refractivity contribution in [2.45, 2.75) is 63.0 Å². The summed E-state index contributed by atoms with van der Waals surface area (Å²) >= 11 is 0. The Hall–Kier alpha value is -1.33. The first kappa shape index (κ1) is 21.0. The summed E-state index contributed by atoms with van der Waals surface area (Å²) in [5, 5.41) is 19.4. The maximum atomic E-state index is 15.3. The summed E-state index contributed by atoms with van der Waals surface area (Å²) in [6.07, 6.45) is -3.41. The lowest BCUT2D eigenvalue weighted by molar-refractivity contribution is -0.148. The minimum atomic E-state index is -2.47. The number of nitrogens with one attached hydrogen (secondary N) is 1. The van der Waals surface area contributed by atoms with Crippen molar-refractivity contribution in [1.82, 2.24) is 9.55 Å². The Morgan fingerprint density at radius 2 is 1.92 bits per heavy atom. The van der Waals surface area contributed by atoms with Gasteiger partial charge in [-0.25, -0.2) is 9.18 Å². The molecule has 0 aliphatic carbocycles. The van der Waals surface area contributed by atoms with E-state index in [2.05, 4.69) is 0 Å². The molecule has 3 unspecified atom stereocenters. The van der Waals surface area contributed by atoms with Gasteiger partial charge in [-0.2, -0.15) is 0 Å². The lowest BCUT2D eigenvalue weighted by atomic mass is 9.98. The molecule has 0 bridgehead atoms. The van der Waals surface area contributed by atoms with Crippen LogP contribution in [0.4, 0.5) is 4.39 Å². The highest BCUT2D eigenvalue weighted by Crippen LogP contribution is 2.45. The lowest BCUT2D eigenvalue weighted by Gasteiger charge is -2.42. The van der Waals surface area contributed by atoms with E-state index in [4.69, 9.17) is 9.16 Å². The van der Waals surface area contributed by atoms with Crippen LogP contribution in [0.2, 0.25) is 18.1 Å². The number of rotatable bonds is 5. The normalized spacial score (nSPS) is 26.2. The summed E-state index contributed by atoms with van der Waals surface area (Å²) in [5.74, 6) is 0. The molecule has 10 heteroatoms. The molecule has 0 radical (unpaired) electrons. The van der Waals surface area contributed by atoms with Gasteiger partial charge in [0.2, 0.25) is 0 Å². The molecule has 148 valence electrons. The number of H-pyrrole nitrogens is 1. The number of hydrogen-bond acceptors (Lipinski definition) is 6. The number of aliphatic hydroxyl groups excluding tert-OH is 2. The van der Waals surface area contributed by atoms with E-state index in [1.54, 1.807) is 0 Å². The van der Waals surface area contributed by atoms with Crippen molar-refractivity contribution in [3.05, 3.63) is 33.1 Å². The first-order chi connectivity index (χ1) is 11.9. The number of hydrogen-bond donors (Lipinski definition) is 3. The predicted molar refractivity (Wildman–Crippen MR) is 95.3 cm³/mol. The Morgan fingerprint density at radius 1 is 1.35 bits per heavy atom. The first-order valence-electron chi connectivity index (χ1n) is 8.41. The van der Waals surface area contributed by atoms with Gasteiger partial charge >= 0.3 is 5.69 Å². The van der Waals surface area contributed by atoms with Gasteiger partial charge in [0.05, 0.1) is 13.2 Å². The van der Waals surface area contributed by atoms with E-state index in [1.165, 1.54) is 0 Å². The van der Waals surface area contributed by atoms with Gasteiger partial charge in [0, 0.05) is 12.3 Å². The molecule has 1 aromatic heterocycles. The van der Waals surface area contributed by atoms with Crippen molar-refractivity contribution in [1.29, 1.82) is 0 Å². The number of aromatic amines is 1. The second-order valence-electron chi connectivity index (χ2n) is 8.15. The summed E-state index contributed by atoms with van der Waals surface area (Å²) < 4.78 is 27.9. The average molecular weight is 390 g/mol. The predicted octanol–water partition coefficient (Wildman–Crippen LogP) is 0.517. The Kier molecular flexibility index (Phi) is 5.65. The highest BCUT2D eigenvalue weighted by atomic mass is 28.4. The molecule has 8 nitrogen and oxygen atoms in total. The number of nitrogens with zero attached hydrogens (tertiary/aromatic N) is 1. The molecule has 3 atom stereocenters. The third-order valence-electron chi connectivity index (χ3n) is 5.32. The Balaban J connectivity index is 2.46. The van der Waals surface area contributed by atoms with Crippen molar-refractivity contribution in [2.75, 3.05) is 13.2 Å². The van der Waals surface area contributed by atoms with Crippen molar-refractivity contribution < 1.29 is 23.8 Å². The number of aromatic nitrogens is 2. The van der Waals surface area contributed by atoms with Crippen LogP contribution >= 0.6 is 0 Å². The molecule has 3 N–H and O–H groups in total. The van der Waals surface area contributed by atoms with E-state index < -0.39 is 56.9 Å². The third kappa shape index (κ3) is 3.56. The molecule has 1 aliphatic rings. The van der Waals surface area contributed by atoms with Crippen LogP contribution in [0, 0.1) is 0 Å². The zero-order valence-electron chi connectivity index (χ0n) is 15.7. The quantitative estimate of drug-likeness (QED) is 0.632. The van der Waals surface area contributed by atoms with E-state index in [9.17, 15) is 19.8 Å². The van der Waals surface area contributed by atoms with Gasteiger partial charge in [-0.15, -0.1) is 0 Å². The minimum absolute atomic E-state index is 0.240. The Bertz CT molecular complexity index is 752. The number of alkyl halides is 1. The largest absolute Gasteiger partial charge is 0.408 e. The summed E-state index contributed by atoms with van der Waals surface area (Å²) in [5.41, 5.74) is -3.16. The van der Waals surface area contributed by atoms with Gasteiger partial charge in [0.25, 0.3) is 5.56 Å². The smallest absolute Gasteiger partial charge is 0.330 e. The second kappa shape index (κ2) is 7.00. The zero-order chi connectivity index (χ0) is 19.9. The monoisotopic (exact) mass is 390 g/mol. The van der Waals surface area contributed by atoms with Crippen molar-refractivity contribution >= 4 is 8.32 Å². The summed E-state index contributed by atoms with van der Waals surface area (Å²) in [6.45, 7) is 8.40. The van der Waals surface area contributed by atoms with Gasteiger partial charge in [-0.05, 0) is 18.1 Å². The van der Waals surface area contributed by atoms with E-state index >= 15 is 4.39 Å². The standard InChI is InChI=1S/C16H27FN2O6Si/c1-15(2,3)26(4,5)25-12-11(17)13(24-16(12,8-20)9-21)19-7-6-10(22)18-14(19)23/h6-7,11-13,20-21H,8-9H2,1-5H3,(H,18,22,23). The van der Waals surface area contributed by atoms with E-state index in [1.807, 2.05) is 38.8 Å². The van der Waals surface area contributed by atoms with Crippen molar-refractivity contribution in [2.24, 2.45) is 0 Å². The van der Waals surface area contributed by atoms with E-state index in [-0.39, 0.29) is 5.04 Å². The first-order valence-corrected chi connectivity index (χ1v) is 11.3. The summed E-state index contributed by atoms with van der Waals surface area (Å²) in [7, 11) is -2.47. The minimum Gasteiger partial charge on any atom is -0.408 e. The number of ether oxygens (including phenoxy) is 1. The fourth-order valence-corrected chi connectivity index (χ4v) is 3.95. The van der Waals surface area contributed by atoms with Gasteiger partial charge in [-0.1, -0.05) is 20.8 Å². The topological polar surface area (TPSA) is 114 Å². The van der Waals surface area contributed by atoms with Crippen LogP contribution in [0.25, 0.3) is 0 Å². The zero-order valence-corrected chi connectivity index (χ0v) is 16.7. The van der Waals surface area contributed by atoms with Crippen LogP contribution in [-0.4, -0.2) is 59.2 Å². The highest BCUT2D eigenvalue weighted by Gasteiger charge is 2.59. The fraction of sp³-hybridized carbons (Fsp3) is 0.750. The molecule has 0 amide bonds. The maximum absolute atomic E-state index is 15.3. The molecule has 0 aromatic carbocycles. The molecular formula is C16H27FN2O6Si. The van der Waals surface area contributed by atoms with Crippen LogP contribution in [0.5, 0.6) is 0 Å². The molecule has 2 rings (SSSR count). The third-order valence-corrected chi connectivity index (χ3v) is 9.78. The molecule has 26 heavy (non-hydrogen) atoms. The summed E-state index contributed by atoms with van der Waals surface area (Å²) in [4.78, 5) is 25.3. The number of halogens is 1. The van der Waals surface area contributed by atoms with Gasteiger partial charge in [-0.3, -0.25) is 14.3 Å². The Labute approximate surface area is 151 Å². The molecule has 1 fully saturated rings. The van der Waals surface area contributed by atoms with Crippen LogP contribution in [0.1, 0.15) is 27.0 Å². The maximum Gasteiger partial charge on any atom is 0.330 e. The highest BCUT2D eigenvalue weighted by molar-refractivity contribution is 6.74. The van der Waals surface area contributed by atoms with Crippen LogP contribution in [0.15, 0.2) is 21.9 Å². The molecule has 1 saturated heterocycles. The van der Waals surface area contributed by atoms with E-state index in [0.717, 1.165) is 16.8 Å². The second-order valence-corrected chi connectivity index (χ2v) is 12.9. The van der Waals surface area contributed by atoms with Crippen LogP contribution in [0.3, 0.4) is 0 Å². The van der Waals surface area contributed by atoms with Gasteiger partial charge in [0.1, 0.15) is 11.7 Å². The SMILES string of the molecule is CC(C)(C)[Si](C)(C)OC1C(F)C(n2ccc(=O)[nH]c2=O)OC1(CO)CO.